The first-order valence-electron chi connectivity index (χ1n) is 6.82. The summed E-state index contributed by atoms with van der Waals surface area (Å²) in [4.78, 5) is 0. The van der Waals surface area contributed by atoms with E-state index in [1.807, 2.05) is 0 Å². The Kier molecular flexibility index (Phi) is 4.43. The smallest absolute Gasteiger partial charge is 0.419 e. The summed E-state index contributed by atoms with van der Waals surface area (Å²) >= 11 is 0. The lowest BCUT2D eigenvalue weighted by atomic mass is 10.0. The molecule has 2 rings (SSSR count). The van der Waals surface area contributed by atoms with Gasteiger partial charge in [0.2, 0.25) is 0 Å². The van der Waals surface area contributed by atoms with E-state index in [0.717, 1.165) is 18.9 Å². The Hall–Kier alpha value is -1.74. The van der Waals surface area contributed by atoms with E-state index in [0.29, 0.717) is 12.5 Å². The predicted molar refractivity (Wildman–Crippen MR) is 71.7 cm³/mol. The molecule has 0 spiro atoms. The predicted octanol–water partition coefficient (Wildman–Crippen LogP) is 3.51. The SMILES string of the molecule is CC(C#N)(CCOc1ccccc1C(F)(F)F)NC1CC1. The van der Waals surface area contributed by atoms with Gasteiger partial charge in [-0.25, -0.2) is 0 Å². The molecule has 0 radical (unpaired) electrons. The van der Waals surface area contributed by atoms with Crippen molar-refractivity contribution in [1.29, 1.82) is 5.26 Å². The maximum absolute atomic E-state index is 12.8. The molecule has 1 fully saturated rings. The molecule has 1 aliphatic rings. The molecule has 0 bridgehead atoms. The summed E-state index contributed by atoms with van der Waals surface area (Å²) in [7, 11) is 0. The van der Waals surface area contributed by atoms with Gasteiger partial charge in [0.05, 0.1) is 18.2 Å². The van der Waals surface area contributed by atoms with Crippen molar-refractivity contribution in [2.45, 2.75) is 43.9 Å². The molecule has 114 valence electrons. The average molecular weight is 298 g/mol. The Morgan fingerprint density at radius 1 is 1.33 bits per heavy atom. The van der Waals surface area contributed by atoms with Crippen LogP contribution in [-0.2, 0) is 6.18 Å². The number of benzene rings is 1. The van der Waals surface area contributed by atoms with Gasteiger partial charge in [0.25, 0.3) is 0 Å². The highest BCUT2D eigenvalue weighted by Crippen LogP contribution is 2.36. The number of nitrogens with zero attached hydrogens (tertiary/aromatic N) is 1. The maximum Gasteiger partial charge on any atom is 0.419 e. The minimum Gasteiger partial charge on any atom is -0.493 e. The molecule has 1 N–H and O–H groups in total. The normalized spacial score (nSPS) is 17.9. The van der Waals surface area contributed by atoms with Crippen molar-refractivity contribution in [3.63, 3.8) is 0 Å². The van der Waals surface area contributed by atoms with Crippen LogP contribution in [0.5, 0.6) is 5.75 Å². The quantitative estimate of drug-likeness (QED) is 0.874. The zero-order valence-corrected chi connectivity index (χ0v) is 11.7. The molecule has 1 atom stereocenters. The third-order valence-corrected chi connectivity index (χ3v) is 3.40. The van der Waals surface area contributed by atoms with Gasteiger partial charge in [-0.1, -0.05) is 12.1 Å². The van der Waals surface area contributed by atoms with Crippen LogP contribution in [0.4, 0.5) is 13.2 Å². The Morgan fingerprint density at radius 3 is 2.57 bits per heavy atom. The number of ether oxygens (including phenoxy) is 1. The van der Waals surface area contributed by atoms with E-state index >= 15 is 0 Å². The van der Waals surface area contributed by atoms with Gasteiger partial charge in [-0.05, 0) is 31.9 Å². The van der Waals surface area contributed by atoms with E-state index in [9.17, 15) is 18.4 Å². The molecule has 0 aromatic heterocycles. The maximum atomic E-state index is 12.8. The summed E-state index contributed by atoms with van der Waals surface area (Å²) in [5.41, 5.74) is -1.56. The zero-order chi connectivity index (χ0) is 15.5. The third-order valence-electron chi connectivity index (χ3n) is 3.40. The molecular weight excluding hydrogens is 281 g/mol. The summed E-state index contributed by atoms with van der Waals surface area (Å²) in [5, 5.41) is 12.4. The zero-order valence-electron chi connectivity index (χ0n) is 11.7. The van der Waals surface area contributed by atoms with Crippen LogP contribution in [-0.4, -0.2) is 18.2 Å². The average Bonchev–Trinajstić information content (AvgIpc) is 3.22. The molecule has 1 unspecified atom stereocenters. The third kappa shape index (κ3) is 4.36. The second-order valence-electron chi connectivity index (χ2n) is 5.45. The van der Waals surface area contributed by atoms with Crippen molar-refractivity contribution in [3.05, 3.63) is 29.8 Å². The van der Waals surface area contributed by atoms with Gasteiger partial charge in [-0.15, -0.1) is 0 Å². The van der Waals surface area contributed by atoms with E-state index in [-0.39, 0.29) is 12.4 Å². The van der Waals surface area contributed by atoms with Crippen molar-refractivity contribution in [2.24, 2.45) is 0 Å². The topological polar surface area (TPSA) is 45.0 Å². The summed E-state index contributed by atoms with van der Waals surface area (Å²) in [6.07, 6.45) is -2.04. The van der Waals surface area contributed by atoms with E-state index in [1.54, 1.807) is 6.92 Å². The standard InChI is InChI=1S/C15H17F3N2O/c1-14(10-19,20-11-6-7-11)8-9-21-13-5-3-2-4-12(13)15(16,17)18/h2-5,11,20H,6-9H2,1H3. The lowest BCUT2D eigenvalue weighted by Gasteiger charge is -2.23. The monoisotopic (exact) mass is 298 g/mol. The van der Waals surface area contributed by atoms with Crippen molar-refractivity contribution in [2.75, 3.05) is 6.61 Å². The number of para-hydroxylation sites is 1. The summed E-state index contributed by atoms with van der Waals surface area (Å²) in [6.45, 7) is 1.79. The fraction of sp³-hybridized carbons (Fsp3) is 0.533. The second kappa shape index (κ2) is 5.94. The van der Waals surface area contributed by atoms with Gasteiger partial charge >= 0.3 is 6.18 Å². The first kappa shape index (κ1) is 15.6. The summed E-state index contributed by atoms with van der Waals surface area (Å²) in [6, 6.07) is 7.61. The van der Waals surface area contributed by atoms with Crippen LogP contribution in [0.3, 0.4) is 0 Å². The minimum absolute atomic E-state index is 0.0525. The number of rotatable bonds is 6. The summed E-state index contributed by atoms with van der Waals surface area (Å²) in [5.74, 6) is -0.197. The number of hydrogen-bond donors (Lipinski definition) is 1. The van der Waals surface area contributed by atoms with Gasteiger partial charge in [-0.3, -0.25) is 5.32 Å². The van der Waals surface area contributed by atoms with Crippen molar-refractivity contribution >= 4 is 0 Å². The van der Waals surface area contributed by atoms with Gasteiger partial charge in [0.15, 0.2) is 0 Å². The lowest BCUT2D eigenvalue weighted by Crippen LogP contribution is -2.43. The number of halogens is 3. The van der Waals surface area contributed by atoms with Crippen molar-refractivity contribution in [3.8, 4) is 11.8 Å². The molecule has 1 aromatic rings. The minimum atomic E-state index is -4.44. The molecule has 0 heterocycles. The summed E-state index contributed by atoms with van der Waals surface area (Å²) < 4.78 is 43.7. The largest absolute Gasteiger partial charge is 0.493 e. The molecule has 1 saturated carbocycles. The van der Waals surface area contributed by atoms with E-state index in [4.69, 9.17) is 4.74 Å². The number of hydrogen-bond acceptors (Lipinski definition) is 3. The Labute approximate surface area is 121 Å². The van der Waals surface area contributed by atoms with Gasteiger partial charge < -0.3 is 4.74 Å². The van der Waals surface area contributed by atoms with Crippen molar-refractivity contribution < 1.29 is 17.9 Å². The molecule has 6 heteroatoms. The molecule has 0 aliphatic heterocycles. The van der Waals surface area contributed by atoms with Crippen LogP contribution in [0.1, 0.15) is 31.7 Å². The molecule has 1 aromatic carbocycles. The van der Waals surface area contributed by atoms with Crippen LogP contribution >= 0.6 is 0 Å². The second-order valence-corrected chi connectivity index (χ2v) is 5.45. The number of alkyl halides is 3. The van der Waals surface area contributed by atoms with Gasteiger partial charge in [0, 0.05) is 12.5 Å². The fourth-order valence-electron chi connectivity index (χ4n) is 2.03. The highest BCUT2D eigenvalue weighted by Gasteiger charge is 2.35. The lowest BCUT2D eigenvalue weighted by molar-refractivity contribution is -0.139. The van der Waals surface area contributed by atoms with E-state index < -0.39 is 17.3 Å². The van der Waals surface area contributed by atoms with Gasteiger partial charge in [0.1, 0.15) is 11.3 Å². The van der Waals surface area contributed by atoms with Crippen LogP contribution < -0.4 is 10.1 Å². The molecule has 3 nitrogen and oxygen atoms in total. The Morgan fingerprint density at radius 2 is 2.00 bits per heavy atom. The fourth-order valence-corrected chi connectivity index (χ4v) is 2.03. The number of nitrogens with one attached hydrogen (secondary N) is 1. The van der Waals surface area contributed by atoms with Gasteiger partial charge in [-0.2, -0.15) is 18.4 Å². The van der Waals surface area contributed by atoms with Crippen LogP contribution in [0.15, 0.2) is 24.3 Å². The van der Waals surface area contributed by atoms with Crippen molar-refractivity contribution in [1.82, 2.24) is 5.32 Å². The highest BCUT2D eigenvalue weighted by molar-refractivity contribution is 5.35. The molecule has 0 amide bonds. The van der Waals surface area contributed by atoms with E-state index in [2.05, 4.69) is 11.4 Å². The molecular formula is C15H17F3N2O. The van der Waals surface area contributed by atoms with Crippen LogP contribution in [0.2, 0.25) is 0 Å². The van der Waals surface area contributed by atoms with Crippen LogP contribution in [0.25, 0.3) is 0 Å². The molecule has 0 saturated heterocycles. The van der Waals surface area contributed by atoms with Crippen LogP contribution in [0, 0.1) is 11.3 Å². The number of nitriles is 1. The Bertz CT molecular complexity index is 534. The highest BCUT2D eigenvalue weighted by atomic mass is 19.4. The molecule has 1 aliphatic carbocycles. The Balaban J connectivity index is 1.95. The van der Waals surface area contributed by atoms with E-state index in [1.165, 1.54) is 18.2 Å². The first-order chi connectivity index (χ1) is 9.84. The molecule has 21 heavy (non-hydrogen) atoms. The first-order valence-corrected chi connectivity index (χ1v) is 6.82.